The molecular weight excluding hydrogens is 402 g/mol. The van der Waals surface area contributed by atoms with Crippen molar-refractivity contribution >= 4 is 44.8 Å². The number of anilines is 1. The molecule has 0 saturated heterocycles. The molecule has 126 valence electrons. The van der Waals surface area contributed by atoms with Gasteiger partial charge in [-0.15, -0.1) is 11.3 Å². The SMILES string of the molecule is Cc1ccc(-c2scc(NC(=O)c3ccc(Br)cc3)c2C(=O)O)cc1. The Bertz CT molecular complexity index is 930. The van der Waals surface area contributed by atoms with Crippen LogP contribution in [0.15, 0.2) is 58.4 Å². The predicted molar refractivity (Wildman–Crippen MR) is 104 cm³/mol. The van der Waals surface area contributed by atoms with E-state index >= 15 is 0 Å². The van der Waals surface area contributed by atoms with Gasteiger partial charge in [0, 0.05) is 15.4 Å². The normalized spacial score (nSPS) is 10.5. The van der Waals surface area contributed by atoms with Gasteiger partial charge in [-0.05, 0) is 36.8 Å². The zero-order valence-electron chi connectivity index (χ0n) is 13.2. The van der Waals surface area contributed by atoms with E-state index in [0.717, 1.165) is 15.6 Å². The van der Waals surface area contributed by atoms with Crippen molar-refractivity contribution in [2.45, 2.75) is 6.92 Å². The summed E-state index contributed by atoms with van der Waals surface area (Å²) in [7, 11) is 0. The second-order valence-corrected chi connectivity index (χ2v) is 7.28. The van der Waals surface area contributed by atoms with Crippen molar-refractivity contribution in [3.05, 3.63) is 75.1 Å². The van der Waals surface area contributed by atoms with Gasteiger partial charge in [0.15, 0.2) is 0 Å². The summed E-state index contributed by atoms with van der Waals surface area (Å²) in [5.41, 5.74) is 2.79. The second kappa shape index (κ2) is 7.21. The van der Waals surface area contributed by atoms with Crippen LogP contribution in [0.3, 0.4) is 0 Å². The highest BCUT2D eigenvalue weighted by Gasteiger charge is 2.21. The molecule has 0 spiro atoms. The van der Waals surface area contributed by atoms with Crippen LogP contribution in [-0.2, 0) is 0 Å². The van der Waals surface area contributed by atoms with Crippen LogP contribution in [0.4, 0.5) is 5.69 Å². The van der Waals surface area contributed by atoms with Crippen LogP contribution in [0.1, 0.15) is 26.3 Å². The molecule has 0 aliphatic carbocycles. The second-order valence-electron chi connectivity index (χ2n) is 5.49. The lowest BCUT2D eigenvalue weighted by molar-refractivity contribution is 0.0699. The molecule has 0 aliphatic rings. The fourth-order valence-electron chi connectivity index (χ4n) is 2.38. The first kappa shape index (κ1) is 17.4. The first-order valence-corrected chi connectivity index (χ1v) is 9.11. The van der Waals surface area contributed by atoms with Crippen molar-refractivity contribution < 1.29 is 14.7 Å². The zero-order chi connectivity index (χ0) is 18.0. The van der Waals surface area contributed by atoms with Gasteiger partial charge in [0.05, 0.1) is 10.6 Å². The molecular formula is C19H14BrNO3S. The van der Waals surface area contributed by atoms with Crippen molar-refractivity contribution in [3.63, 3.8) is 0 Å². The molecule has 2 aromatic carbocycles. The number of nitrogens with one attached hydrogen (secondary N) is 1. The van der Waals surface area contributed by atoms with Gasteiger partial charge < -0.3 is 10.4 Å². The van der Waals surface area contributed by atoms with Crippen molar-refractivity contribution in [3.8, 4) is 10.4 Å². The maximum Gasteiger partial charge on any atom is 0.339 e. The maximum atomic E-state index is 12.4. The average molecular weight is 416 g/mol. The van der Waals surface area contributed by atoms with E-state index in [1.165, 1.54) is 11.3 Å². The molecule has 0 radical (unpaired) electrons. The summed E-state index contributed by atoms with van der Waals surface area (Å²) in [6.45, 7) is 1.97. The van der Waals surface area contributed by atoms with Crippen LogP contribution in [0.2, 0.25) is 0 Å². The lowest BCUT2D eigenvalue weighted by Gasteiger charge is -2.07. The number of thiophene rings is 1. The van der Waals surface area contributed by atoms with Crippen molar-refractivity contribution in [1.82, 2.24) is 0 Å². The standard InChI is InChI=1S/C19H14BrNO3S/c1-11-2-4-12(5-3-11)17-16(19(23)24)15(10-25-17)21-18(22)13-6-8-14(20)9-7-13/h2-10H,1H3,(H,21,22)(H,23,24). The number of carboxylic acids is 1. The number of carbonyl (C=O) groups excluding carboxylic acids is 1. The van der Waals surface area contributed by atoms with E-state index < -0.39 is 5.97 Å². The van der Waals surface area contributed by atoms with Crippen LogP contribution in [0.5, 0.6) is 0 Å². The summed E-state index contributed by atoms with van der Waals surface area (Å²) < 4.78 is 0.868. The molecule has 0 unspecified atom stereocenters. The van der Waals surface area contributed by atoms with Gasteiger partial charge >= 0.3 is 5.97 Å². The Morgan fingerprint density at radius 3 is 2.28 bits per heavy atom. The van der Waals surface area contributed by atoms with Gasteiger partial charge in [0.25, 0.3) is 5.91 Å². The molecule has 1 heterocycles. The number of aromatic carboxylic acids is 1. The van der Waals surface area contributed by atoms with Crippen molar-refractivity contribution in [2.75, 3.05) is 5.32 Å². The van der Waals surface area contributed by atoms with E-state index in [1.807, 2.05) is 31.2 Å². The number of benzene rings is 2. The van der Waals surface area contributed by atoms with Crippen LogP contribution < -0.4 is 5.32 Å². The summed E-state index contributed by atoms with van der Waals surface area (Å²) in [6.07, 6.45) is 0. The number of amides is 1. The number of aryl methyl sites for hydroxylation is 1. The molecule has 0 bridgehead atoms. The Balaban J connectivity index is 1.94. The minimum atomic E-state index is -1.07. The zero-order valence-corrected chi connectivity index (χ0v) is 15.6. The van der Waals surface area contributed by atoms with Crippen LogP contribution >= 0.6 is 27.3 Å². The van der Waals surface area contributed by atoms with Gasteiger partial charge in [-0.3, -0.25) is 4.79 Å². The third kappa shape index (κ3) is 3.81. The third-order valence-electron chi connectivity index (χ3n) is 3.67. The van der Waals surface area contributed by atoms with Crippen LogP contribution in [-0.4, -0.2) is 17.0 Å². The van der Waals surface area contributed by atoms with E-state index in [0.29, 0.717) is 16.1 Å². The number of halogens is 1. The smallest absolute Gasteiger partial charge is 0.339 e. The highest BCUT2D eigenvalue weighted by Crippen LogP contribution is 2.36. The van der Waals surface area contributed by atoms with Gasteiger partial charge in [0.2, 0.25) is 0 Å². The number of hydrogen-bond acceptors (Lipinski definition) is 3. The summed E-state index contributed by atoms with van der Waals surface area (Å²) >= 11 is 4.62. The van der Waals surface area contributed by atoms with Crippen molar-refractivity contribution in [2.24, 2.45) is 0 Å². The Kier molecular flexibility index (Phi) is 5.01. The Hall–Kier alpha value is -2.44. The number of rotatable bonds is 4. The first-order chi connectivity index (χ1) is 12.0. The minimum absolute atomic E-state index is 0.110. The highest BCUT2D eigenvalue weighted by atomic mass is 79.9. The summed E-state index contributed by atoms with van der Waals surface area (Å²) in [4.78, 5) is 24.8. The molecule has 1 aromatic heterocycles. The molecule has 0 saturated carbocycles. The minimum Gasteiger partial charge on any atom is -0.478 e. The molecule has 6 heteroatoms. The molecule has 3 aromatic rings. The van der Waals surface area contributed by atoms with Gasteiger partial charge in [-0.25, -0.2) is 4.79 Å². The topological polar surface area (TPSA) is 66.4 Å². The molecule has 0 fully saturated rings. The van der Waals surface area contributed by atoms with Crippen molar-refractivity contribution in [1.29, 1.82) is 0 Å². The lowest BCUT2D eigenvalue weighted by Crippen LogP contribution is -2.13. The van der Waals surface area contributed by atoms with E-state index in [9.17, 15) is 14.7 Å². The lowest BCUT2D eigenvalue weighted by atomic mass is 10.1. The third-order valence-corrected chi connectivity index (χ3v) is 5.23. The Morgan fingerprint density at radius 1 is 1.04 bits per heavy atom. The van der Waals surface area contributed by atoms with Crippen LogP contribution in [0, 0.1) is 6.92 Å². The number of hydrogen-bond donors (Lipinski definition) is 2. The predicted octanol–water partition coefficient (Wildman–Crippen LogP) is 5.44. The van der Waals surface area contributed by atoms with E-state index in [1.54, 1.807) is 29.6 Å². The van der Waals surface area contributed by atoms with E-state index in [2.05, 4.69) is 21.2 Å². The summed E-state index contributed by atoms with van der Waals surface area (Å²) in [6, 6.07) is 14.5. The molecule has 3 rings (SSSR count). The Labute approximate surface area is 157 Å². The fraction of sp³-hybridized carbons (Fsp3) is 0.0526. The van der Waals surface area contributed by atoms with E-state index in [-0.39, 0.29) is 11.5 Å². The molecule has 0 aliphatic heterocycles. The molecule has 1 amide bonds. The quantitative estimate of drug-likeness (QED) is 0.596. The van der Waals surface area contributed by atoms with E-state index in [4.69, 9.17) is 0 Å². The maximum absolute atomic E-state index is 12.4. The number of carboxylic acid groups (broad SMARTS) is 1. The van der Waals surface area contributed by atoms with Crippen LogP contribution in [0.25, 0.3) is 10.4 Å². The molecule has 0 atom stereocenters. The first-order valence-electron chi connectivity index (χ1n) is 7.44. The van der Waals surface area contributed by atoms with Gasteiger partial charge in [-0.2, -0.15) is 0 Å². The largest absolute Gasteiger partial charge is 0.478 e. The summed E-state index contributed by atoms with van der Waals surface area (Å²) in [5.74, 6) is -1.41. The molecule has 4 nitrogen and oxygen atoms in total. The highest BCUT2D eigenvalue weighted by molar-refractivity contribution is 9.10. The van der Waals surface area contributed by atoms with Gasteiger partial charge in [-0.1, -0.05) is 45.8 Å². The average Bonchev–Trinajstić information content (AvgIpc) is 3.00. The monoisotopic (exact) mass is 415 g/mol. The number of carbonyl (C=O) groups is 2. The fourth-order valence-corrected chi connectivity index (χ4v) is 3.64. The summed E-state index contributed by atoms with van der Waals surface area (Å²) in [5, 5.41) is 14.0. The molecule has 25 heavy (non-hydrogen) atoms. The van der Waals surface area contributed by atoms with Gasteiger partial charge in [0.1, 0.15) is 5.56 Å². The molecule has 2 N–H and O–H groups in total. The Morgan fingerprint density at radius 2 is 1.68 bits per heavy atom.